The van der Waals surface area contributed by atoms with Crippen LogP contribution in [0.15, 0.2) is 11.0 Å². The van der Waals surface area contributed by atoms with Crippen LogP contribution in [0.5, 0.6) is 0 Å². The van der Waals surface area contributed by atoms with Gasteiger partial charge in [-0.1, -0.05) is 31.4 Å². The van der Waals surface area contributed by atoms with Gasteiger partial charge in [0, 0.05) is 18.3 Å². The molecule has 7 heteroatoms. The Morgan fingerprint density at radius 1 is 1.50 bits per heavy atom. The summed E-state index contributed by atoms with van der Waals surface area (Å²) in [6.45, 7) is 2.66. The Labute approximate surface area is 120 Å². The summed E-state index contributed by atoms with van der Waals surface area (Å²) < 4.78 is 1.59. The second-order valence-corrected chi connectivity index (χ2v) is 5.12. The molecule has 0 radical (unpaired) electrons. The molecule has 2 heterocycles. The van der Waals surface area contributed by atoms with Crippen LogP contribution in [0.3, 0.4) is 0 Å². The number of aryl methyl sites for hydroxylation is 1. The maximum atomic E-state index is 12.0. The van der Waals surface area contributed by atoms with Gasteiger partial charge < -0.3 is 5.73 Å². The maximum absolute atomic E-state index is 12.0. The number of nitrogens with two attached hydrogens (primary N) is 1. The van der Waals surface area contributed by atoms with Crippen molar-refractivity contribution in [3.63, 3.8) is 0 Å². The molecule has 2 rings (SSSR count). The van der Waals surface area contributed by atoms with Crippen LogP contribution in [0.25, 0.3) is 11.2 Å². The van der Waals surface area contributed by atoms with Crippen LogP contribution < -0.4 is 11.4 Å². The molecule has 0 unspecified atom stereocenters. The van der Waals surface area contributed by atoms with Gasteiger partial charge in [0.25, 0.3) is 0 Å². The third-order valence-corrected chi connectivity index (χ3v) is 3.51. The van der Waals surface area contributed by atoms with Crippen LogP contribution in [0, 0.1) is 0 Å². The Balaban J connectivity index is 2.55. The first-order valence-corrected chi connectivity index (χ1v) is 6.96. The van der Waals surface area contributed by atoms with Crippen molar-refractivity contribution in [3.05, 3.63) is 27.3 Å². The fraction of sp³-hybridized carbons (Fsp3) is 0.462. The minimum atomic E-state index is -0.492. The van der Waals surface area contributed by atoms with E-state index >= 15 is 0 Å². The number of aromatic amines is 1. The van der Waals surface area contributed by atoms with E-state index in [-0.39, 0.29) is 12.1 Å². The van der Waals surface area contributed by atoms with Crippen molar-refractivity contribution in [1.29, 1.82) is 0 Å². The summed E-state index contributed by atoms with van der Waals surface area (Å²) in [4.78, 5) is 30.0. The number of primary amides is 1. The number of carbonyl (C=O) groups excluding carboxylic acids is 1. The number of hydrogen-bond donors (Lipinski definition) is 2. The Bertz CT molecular complexity index is 689. The van der Waals surface area contributed by atoms with E-state index in [0.717, 1.165) is 19.3 Å². The maximum Gasteiger partial charge on any atom is 0.327 e. The number of fused-ring (bicyclic) bond motifs is 1. The van der Waals surface area contributed by atoms with E-state index < -0.39 is 5.91 Å². The van der Waals surface area contributed by atoms with Crippen molar-refractivity contribution in [1.82, 2.24) is 14.5 Å². The van der Waals surface area contributed by atoms with E-state index in [4.69, 9.17) is 17.3 Å². The van der Waals surface area contributed by atoms with Crippen LogP contribution in [0.2, 0.25) is 5.02 Å². The lowest BCUT2D eigenvalue weighted by Crippen LogP contribution is -2.19. The number of nitrogens with zero attached hydrogens (tertiary/aromatic N) is 2. The molecule has 0 aromatic carbocycles. The monoisotopic (exact) mass is 296 g/mol. The van der Waals surface area contributed by atoms with Crippen molar-refractivity contribution < 1.29 is 4.79 Å². The van der Waals surface area contributed by atoms with Gasteiger partial charge in [0.1, 0.15) is 0 Å². The van der Waals surface area contributed by atoms with Gasteiger partial charge in [-0.25, -0.2) is 9.78 Å². The normalized spacial score (nSPS) is 11.1. The zero-order valence-corrected chi connectivity index (χ0v) is 12.0. The van der Waals surface area contributed by atoms with Crippen molar-refractivity contribution in [2.24, 2.45) is 5.73 Å². The average Bonchev–Trinajstić information content (AvgIpc) is 2.70. The van der Waals surface area contributed by atoms with Crippen LogP contribution in [0.4, 0.5) is 0 Å². The summed E-state index contributed by atoms with van der Waals surface area (Å²) in [5.41, 5.74) is 6.58. The molecule has 6 nitrogen and oxygen atoms in total. The topological polar surface area (TPSA) is 93.8 Å². The molecule has 0 saturated carbocycles. The van der Waals surface area contributed by atoms with E-state index in [9.17, 15) is 9.59 Å². The molecule has 0 atom stereocenters. The molecular formula is C13H17ClN4O2. The summed E-state index contributed by atoms with van der Waals surface area (Å²) in [7, 11) is 0. The minimum Gasteiger partial charge on any atom is -0.369 e. The Morgan fingerprint density at radius 2 is 2.25 bits per heavy atom. The van der Waals surface area contributed by atoms with E-state index in [0.29, 0.717) is 28.3 Å². The summed E-state index contributed by atoms with van der Waals surface area (Å²) >= 11 is 6.09. The number of unbranched alkanes of at least 4 members (excludes halogenated alkanes) is 2. The molecule has 0 aliphatic carbocycles. The highest BCUT2D eigenvalue weighted by molar-refractivity contribution is 6.32. The summed E-state index contributed by atoms with van der Waals surface area (Å²) in [6.07, 6.45) is 4.38. The summed E-state index contributed by atoms with van der Waals surface area (Å²) in [5.74, 6) is -0.492. The lowest BCUT2D eigenvalue weighted by atomic mass is 10.1. The quantitative estimate of drug-likeness (QED) is 0.793. The van der Waals surface area contributed by atoms with Gasteiger partial charge in [0.05, 0.1) is 17.0 Å². The van der Waals surface area contributed by atoms with Gasteiger partial charge in [-0.3, -0.25) is 14.3 Å². The Hall–Kier alpha value is -1.82. The first-order chi connectivity index (χ1) is 9.54. The first kappa shape index (κ1) is 14.6. The molecule has 0 bridgehead atoms. The number of rotatable bonds is 6. The first-order valence-electron chi connectivity index (χ1n) is 6.58. The van der Waals surface area contributed by atoms with Gasteiger partial charge in [-0.05, 0) is 6.42 Å². The molecule has 0 aliphatic rings. The number of nitrogens with one attached hydrogen (secondary N) is 1. The summed E-state index contributed by atoms with van der Waals surface area (Å²) in [5, 5.41) is 0.347. The second kappa shape index (κ2) is 6.09. The lowest BCUT2D eigenvalue weighted by molar-refractivity contribution is -0.117. The van der Waals surface area contributed by atoms with E-state index in [1.54, 1.807) is 4.57 Å². The second-order valence-electron chi connectivity index (χ2n) is 4.71. The SMILES string of the molecule is CCCCCn1c(=O)[nH]c2ncc(Cl)c(CC(N)=O)c21. The van der Waals surface area contributed by atoms with Crippen LogP contribution in [-0.4, -0.2) is 20.4 Å². The molecule has 0 fully saturated rings. The van der Waals surface area contributed by atoms with Crippen molar-refractivity contribution >= 4 is 28.7 Å². The number of H-pyrrole nitrogens is 1. The Morgan fingerprint density at radius 3 is 2.90 bits per heavy atom. The van der Waals surface area contributed by atoms with Gasteiger partial charge in [-0.2, -0.15) is 0 Å². The minimum absolute atomic E-state index is 0.0110. The van der Waals surface area contributed by atoms with E-state index in [1.165, 1.54) is 6.20 Å². The number of aromatic nitrogens is 3. The number of hydrogen-bond acceptors (Lipinski definition) is 3. The van der Waals surface area contributed by atoms with Gasteiger partial charge in [0.15, 0.2) is 5.65 Å². The standard InChI is InChI=1S/C13H17ClN4O2/c1-2-3-4-5-18-11-8(6-10(15)19)9(14)7-16-12(11)17-13(18)20/h7H,2-6H2,1H3,(H2,15,19)(H,16,17,20). The molecule has 0 saturated heterocycles. The van der Waals surface area contributed by atoms with Crippen LogP contribution in [0.1, 0.15) is 31.7 Å². The highest BCUT2D eigenvalue weighted by atomic mass is 35.5. The largest absolute Gasteiger partial charge is 0.369 e. The van der Waals surface area contributed by atoms with Crippen molar-refractivity contribution in [2.75, 3.05) is 0 Å². The zero-order valence-electron chi connectivity index (χ0n) is 11.3. The van der Waals surface area contributed by atoms with Gasteiger partial charge >= 0.3 is 5.69 Å². The third kappa shape index (κ3) is 2.85. The average molecular weight is 297 g/mol. The zero-order chi connectivity index (χ0) is 14.7. The molecule has 0 aliphatic heterocycles. The predicted octanol–water partition coefficient (Wildman–Crippen LogP) is 1.60. The molecule has 2 aromatic rings. The number of halogens is 1. The molecule has 0 spiro atoms. The number of imidazole rings is 1. The fourth-order valence-electron chi connectivity index (χ4n) is 2.24. The highest BCUT2D eigenvalue weighted by Crippen LogP contribution is 2.23. The highest BCUT2D eigenvalue weighted by Gasteiger charge is 2.16. The van der Waals surface area contributed by atoms with Crippen molar-refractivity contribution in [2.45, 2.75) is 39.2 Å². The smallest absolute Gasteiger partial charge is 0.327 e. The molecular weight excluding hydrogens is 280 g/mol. The molecule has 2 aromatic heterocycles. The van der Waals surface area contributed by atoms with E-state index in [1.807, 2.05) is 0 Å². The number of amides is 1. The van der Waals surface area contributed by atoms with E-state index in [2.05, 4.69) is 16.9 Å². The van der Waals surface area contributed by atoms with Crippen LogP contribution >= 0.6 is 11.6 Å². The molecule has 20 heavy (non-hydrogen) atoms. The molecule has 3 N–H and O–H groups in total. The van der Waals surface area contributed by atoms with Gasteiger partial charge in [-0.15, -0.1) is 0 Å². The lowest BCUT2D eigenvalue weighted by Gasteiger charge is -2.08. The van der Waals surface area contributed by atoms with Gasteiger partial charge in [0.2, 0.25) is 5.91 Å². The number of pyridine rings is 1. The summed E-state index contributed by atoms with van der Waals surface area (Å²) in [6, 6.07) is 0. The number of carbonyl (C=O) groups is 1. The third-order valence-electron chi connectivity index (χ3n) is 3.18. The molecule has 108 valence electrons. The predicted molar refractivity (Wildman–Crippen MR) is 77.8 cm³/mol. The fourth-order valence-corrected chi connectivity index (χ4v) is 2.45. The Kier molecular flexibility index (Phi) is 4.44. The molecule has 1 amide bonds. The van der Waals surface area contributed by atoms with Crippen molar-refractivity contribution in [3.8, 4) is 0 Å². The van der Waals surface area contributed by atoms with Crippen LogP contribution in [-0.2, 0) is 17.8 Å².